The SMILES string of the molecule is CCOCc1nc2c(NC(=O)[C@H](C)NC(=O)OC(C)(C)C)nc3ccccc3c2n1CC(C)(C)OCCNC(=O)C(C)(C)NC(=O)O. The first-order valence-corrected chi connectivity index (χ1v) is 15.4. The zero-order valence-electron chi connectivity index (χ0n) is 28.6. The number of hydrogen-bond donors (Lipinski definition) is 5. The molecule has 15 nitrogen and oxygen atoms in total. The molecule has 47 heavy (non-hydrogen) atoms. The Kier molecular flexibility index (Phi) is 11.7. The van der Waals surface area contributed by atoms with Crippen molar-refractivity contribution in [1.82, 2.24) is 30.5 Å². The zero-order chi connectivity index (χ0) is 35.2. The number of carbonyl (C=O) groups is 4. The van der Waals surface area contributed by atoms with Crippen molar-refractivity contribution in [3.63, 3.8) is 0 Å². The summed E-state index contributed by atoms with van der Waals surface area (Å²) in [7, 11) is 0. The zero-order valence-corrected chi connectivity index (χ0v) is 28.6. The highest BCUT2D eigenvalue weighted by atomic mass is 16.6. The Morgan fingerprint density at radius 2 is 1.70 bits per heavy atom. The van der Waals surface area contributed by atoms with E-state index in [1.54, 1.807) is 27.7 Å². The van der Waals surface area contributed by atoms with Gasteiger partial charge in [-0.25, -0.2) is 19.6 Å². The summed E-state index contributed by atoms with van der Waals surface area (Å²) < 4.78 is 19.2. The van der Waals surface area contributed by atoms with Crippen LogP contribution in [0.4, 0.5) is 15.4 Å². The number of nitrogens with zero attached hydrogens (tertiary/aromatic N) is 3. The first kappa shape index (κ1) is 37.0. The van der Waals surface area contributed by atoms with E-state index in [2.05, 4.69) is 21.3 Å². The summed E-state index contributed by atoms with van der Waals surface area (Å²) in [6.07, 6.45) is -2.02. The minimum atomic E-state index is -1.31. The predicted octanol–water partition coefficient (Wildman–Crippen LogP) is 3.93. The third kappa shape index (κ3) is 10.2. The molecule has 0 fully saturated rings. The number of aromatic nitrogens is 3. The maximum Gasteiger partial charge on any atom is 0.408 e. The fraction of sp³-hybridized carbons (Fsp3) is 0.562. The van der Waals surface area contributed by atoms with Crippen LogP contribution in [0, 0.1) is 0 Å². The van der Waals surface area contributed by atoms with Gasteiger partial charge in [-0.15, -0.1) is 0 Å². The lowest BCUT2D eigenvalue weighted by Gasteiger charge is -2.28. The van der Waals surface area contributed by atoms with E-state index < -0.39 is 46.8 Å². The summed E-state index contributed by atoms with van der Waals surface area (Å²) in [5.41, 5.74) is -1.04. The molecule has 15 heteroatoms. The standard InChI is InChI=1S/C32H47N7O8/c1-10-45-17-22-36-23-24(39(22)18-31(6,7)46-16-15-33-27(41)32(8,9)38-28(42)43)20-13-11-12-14-21(20)35-25(23)37-26(40)19(2)34-29(44)47-30(3,4)5/h11-14,19,38H,10,15-18H2,1-9H3,(H,33,41)(H,34,44)(H,42,43)(H,35,37,40)/t19-/m0/s1. The molecule has 2 heterocycles. The Bertz CT molecular complexity index is 1610. The minimum Gasteiger partial charge on any atom is -0.465 e. The van der Waals surface area contributed by atoms with Crippen molar-refractivity contribution in [2.45, 2.75) is 98.2 Å². The van der Waals surface area contributed by atoms with E-state index in [1.165, 1.54) is 13.8 Å². The summed E-state index contributed by atoms with van der Waals surface area (Å²) in [6, 6.07) is 6.55. The number of ether oxygens (including phenoxy) is 3. The average Bonchev–Trinajstić information content (AvgIpc) is 3.30. The number of carbonyl (C=O) groups excluding carboxylic acids is 3. The molecule has 0 saturated heterocycles. The molecule has 5 N–H and O–H groups in total. The number of alkyl carbamates (subject to hydrolysis) is 1. The number of amides is 4. The van der Waals surface area contributed by atoms with Gasteiger partial charge in [0.15, 0.2) is 5.82 Å². The minimum absolute atomic E-state index is 0.154. The number of rotatable bonds is 14. The first-order valence-electron chi connectivity index (χ1n) is 15.4. The Hall–Kier alpha value is -4.50. The quantitative estimate of drug-likeness (QED) is 0.159. The molecule has 0 saturated carbocycles. The number of carboxylic acid groups (broad SMARTS) is 1. The second-order valence-electron chi connectivity index (χ2n) is 13.2. The van der Waals surface area contributed by atoms with E-state index in [4.69, 9.17) is 29.3 Å². The van der Waals surface area contributed by atoms with Gasteiger partial charge in [0.25, 0.3) is 0 Å². The number of nitrogens with one attached hydrogen (secondary N) is 4. The van der Waals surface area contributed by atoms with Crippen LogP contribution in [0.25, 0.3) is 21.9 Å². The molecule has 0 radical (unpaired) electrons. The number of fused-ring (bicyclic) bond motifs is 3. The Labute approximate surface area is 274 Å². The van der Waals surface area contributed by atoms with E-state index in [-0.39, 0.29) is 25.6 Å². The van der Waals surface area contributed by atoms with Crippen LogP contribution >= 0.6 is 0 Å². The highest BCUT2D eigenvalue weighted by Crippen LogP contribution is 2.32. The van der Waals surface area contributed by atoms with Crippen LogP contribution in [0.15, 0.2) is 24.3 Å². The van der Waals surface area contributed by atoms with Gasteiger partial charge in [0, 0.05) is 18.5 Å². The molecular weight excluding hydrogens is 610 g/mol. The highest BCUT2D eigenvalue weighted by Gasteiger charge is 2.30. The second kappa shape index (κ2) is 14.9. The molecule has 0 bridgehead atoms. The molecule has 1 atom stereocenters. The van der Waals surface area contributed by atoms with Crippen LogP contribution in [0.3, 0.4) is 0 Å². The van der Waals surface area contributed by atoms with Crippen molar-refractivity contribution in [3.05, 3.63) is 30.1 Å². The molecular formula is C32H47N7O8. The molecule has 0 aliphatic heterocycles. The fourth-order valence-corrected chi connectivity index (χ4v) is 4.68. The van der Waals surface area contributed by atoms with E-state index in [1.807, 2.05) is 49.6 Å². The number of anilines is 1. The number of benzene rings is 1. The molecule has 0 spiro atoms. The summed E-state index contributed by atoms with van der Waals surface area (Å²) in [4.78, 5) is 58.6. The molecule has 1 aromatic carbocycles. The molecule has 0 aliphatic carbocycles. The van der Waals surface area contributed by atoms with Crippen LogP contribution in [0.5, 0.6) is 0 Å². The van der Waals surface area contributed by atoms with Crippen molar-refractivity contribution in [1.29, 1.82) is 0 Å². The molecule has 4 amide bonds. The normalized spacial score (nSPS) is 12.9. The van der Waals surface area contributed by atoms with Gasteiger partial charge in [0.1, 0.15) is 35.1 Å². The van der Waals surface area contributed by atoms with Crippen LogP contribution < -0.4 is 21.3 Å². The van der Waals surface area contributed by atoms with Crippen molar-refractivity contribution in [3.8, 4) is 0 Å². The van der Waals surface area contributed by atoms with Crippen molar-refractivity contribution >= 4 is 51.8 Å². The second-order valence-corrected chi connectivity index (χ2v) is 13.2. The number of pyridine rings is 1. The van der Waals surface area contributed by atoms with Gasteiger partial charge in [0.05, 0.1) is 29.8 Å². The van der Waals surface area contributed by atoms with Gasteiger partial charge >= 0.3 is 12.2 Å². The van der Waals surface area contributed by atoms with Gasteiger partial charge in [-0.05, 0) is 68.4 Å². The summed E-state index contributed by atoms with van der Waals surface area (Å²) in [5, 5.41) is 20.0. The van der Waals surface area contributed by atoms with Gasteiger partial charge < -0.3 is 45.2 Å². The van der Waals surface area contributed by atoms with Gasteiger partial charge in [-0.2, -0.15) is 0 Å². The van der Waals surface area contributed by atoms with E-state index in [0.717, 1.165) is 5.39 Å². The topological polar surface area (TPSA) is 195 Å². The first-order chi connectivity index (χ1) is 21.8. The van der Waals surface area contributed by atoms with Gasteiger partial charge in [-0.3, -0.25) is 9.59 Å². The Morgan fingerprint density at radius 3 is 2.34 bits per heavy atom. The van der Waals surface area contributed by atoms with Gasteiger partial charge in [-0.1, -0.05) is 18.2 Å². The Balaban J connectivity index is 1.91. The summed E-state index contributed by atoms with van der Waals surface area (Å²) >= 11 is 0. The maximum absolute atomic E-state index is 13.2. The lowest BCUT2D eigenvalue weighted by Crippen LogP contribution is -2.55. The summed E-state index contributed by atoms with van der Waals surface area (Å²) in [6.45, 7) is 16.6. The van der Waals surface area contributed by atoms with Crippen LogP contribution in [-0.2, 0) is 37.0 Å². The number of hydrogen-bond acceptors (Lipinski definition) is 9. The largest absolute Gasteiger partial charge is 0.465 e. The van der Waals surface area contributed by atoms with E-state index in [9.17, 15) is 19.2 Å². The van der Waals surface area contributed by atoms with Crippen LogP contribution in [-0.4, -0.2) is 86.2 Å². The van der Waals surface area contributed by atoms with Crippen molar-refractivity contribution in [2.75, 3.05) is 25.1 Å². The van der Waals surface area contributed by atoms with E-state index >= 15 is 0 Å². The third-order valence-electron chi connectivity index (χ3n) is 6.87. The van der Waals surface area contributed by atoms with Crippen molar-refractivity contribution < 1.29 is 38.5 Å². The monoisotopic (exact) mass is 657 g/mol. The van der Waals surface area contributed by atoms with Gasteiger partial charge in [0.2, 0.25) is 11.8 Å². The van der Waals surface area contributed by atoms with E-state index in [0.29, 0.717) is 35.5 Å². The molecule has 0 unspecified atom stereocenters. The lowest BCUT2D eigenvalue weighted by molar-refractivity contribution is -0.127. The molecule has 2 aromatic heterocycles. The van der Waals surface area contributed by atoms with Crippen LogP contribution in [0.1, 0.15) is 68.1 Å². The lowest BCUT2D eigenvalue weighted by atomic mass is 10.1. The predicted molar refractivity (Wildman–Crippen MR) is 176 cm³/mol. The summed E-state index contributed by atoms with van der Waals surface area (Å²) in [5.74, 6) is -0.183. The smallest absolute Gasteiger partial charge is 0.408 e. The van der Waals surface area contributed by atoms with Crippen LogP contribution in [0.2, 0.25) is 0 Å². The third-order valence-corrected chi connectivity index (χ3v) is 6.87. The fourth-order valence-electron chi connectivity index (χ4n) is 4.68. The molecule has 3 aromatic rings. The number of para-hydroxylation sites is 1. The Morgan fingerprint density at radius 1 is 1.02 bits per heavy atom. The molecule has 0 aliphatic rings. The number of imidazole rings is 1. The van der Waals surface area contributed by atoms with Crippen molar-refractivity contribution in [2.24, 2.45) is 0 Å². The molecule has 258 valence electrons. The maximum atomic E-state index is 13.2. The molecule has 3 rings (SSSR count). The highest BCUT2D eigenvalue weighted by molar-refractivity contribution is 6.10. The average molecular weight is 658 g/mol.